The Morgan fingerprint density at radius 2 is 2.00 bits per heavy atom. The molecule has 1 fully saturated rings. The number of alkyl halides is 1. The first-order chi connectivity index (χ1) is 6.80. The van der Waals surface area contributed by atoms with Gasteiger partial charge in [-0.05, 0) is 13.8 Å². The van der Waals surface area contributed by atoms with E-state index in [0.29, 0.717) is 6.71 Å². The van der Waals surface area contributed by atoms with Gasteiger partial charge in [0, 0.05) is 18.3 Å². The zero-order chi connectivity index (χ0) is 11.9. The fourth-order valence-corrected chi connectivity index (χ4v) is 3.48. The summed E-state index contributed by atoms with van der Waals surface area (Å²) in [5.41, 5.74) is 1.41. The highest BCUT2D eigenvalue weighted by Gasteiger charge is 2.61. The van der Waals surface area contributed by atoms with Crippen molar-refractivity contribution >= 4 is 22.6 Å². The number of rotatable bonds is 4. The van der Waals surface area contributed by atoms with E-state index in [2.05, 4.69) is 62.1 Å². The molecule has 0 N–H and O–H groups in total. The fourth-order valence-electron chi connectivity index (χ4n) is 2.72. The third-order valence-corrected chi connectivity index (χ3v) is 6.43. The molecule has 0 spiro atoms. The predicted octanol–water partition coefficient (Wildman–Crippen LogP) is 3.82. The van der Waals surface area contributed by atoms with Crippen LogP contribution in [0.25, 0.3) is 0 Å². The van der Waals surface area contributed by atoms with Crippen molar-refractivity contribution < 1.29 is 0 Å². The van der Waals surface area contributed by atoms with Crippen LogP contribution in [0.1, 0.15) is 33.6 Å². The second-order valence-corrected chi connectivity index (χ2v) is 6.57. The van der Waals surface area contributed by atoms with Gasteiger partial charge in [0.25, 0.3) is 0 Å². The normalized spacial score (nSPS) is 28.9. The summed E-state index contributed by atoms with van der Waals surface area (Å²) in [7, 11) is 2.13. The molecule has 0 aromatic rings. The second kappa shape index (κ2) is 4.16. The highest BCUT2D eigenvalue weighted by atomic mass is 79.9. The zero-order valence-corrected chi connectivity index (χ0v) is 12.3. The lowest BCUT2D eigenvalue weighted by Crippen LogP contribution is -2.74. The molecule has 0 bridgehead atoms. The van der Waals surface area contributed by atoms with E-state index >= 15 is 0 Å². The van der Waals surface area contributed by atoms with Crippen LogP contribution in [0.5, 0.6) is 0 Å². The third kappa shape index (κ3) is 1.67. The molecule has 0 aromatic heterocycles. The van der Waals surface area contributed by atoms with Crippen molar-refractivity contribution in [1.29, 1.82) is 0 Å². The molecule has 1 rings (SSSR count). The van der Waals surface area contributed by atoms with Crippen LogP contribution in [-0.2, 0) is 0 Å². The molecule has 3 heteroatoms. The molecule has 0 amide bonds. The van der Waals surface area contributed by atoms with E-state index in [9.17, 15) is 0 Å². The molecule has 0 radical (unpaired) electrons. The summed E-state index contributed by atoms with van der Waals surface area (Å²) in [5.74, 6) is 0. The van der Waals surface area contributed by atoms with E-state index in [0.717, 1.165) is 0 Å². The van der Waals surface area contributed by atoms with Gasteiger partial charge in [0.1, 0.15) is 0 Å². The van der Waals surface area contributed by atoms with Gasteiger partial charge in [-0.25, -0.2) is 0 Å². The molecule has 1 heterocycles. The lowest BCUT2D eigenvalue weighted by Gasteiger charge is -2.64. The standard InChI is InChI=1S/C12H23BBrN/c1-7-8-9-13(5)12(14)10(2)15(6)11(12,3)4/h2,7-9H2,1,3-6H3. The fraction of sp³-hybridized carbons (Fsp3) is 0.833. The van der Waals surface area contributed by atoms with Crippen LogP contribution in [0.4, 0.5) is 0 Å². The minimum Gasteiger partial charge on any atom is -0.372 e. The summed E-state index contributed by atoms with van der Waals surface area (Å²) in [6, 6.07) is 0. The molecule has 0 aromatic carbocycles. The highest BCUT2D eigenvalue weighted by molar-refractivity contribution is 9.10. The van der Waals surface area contributed by atoms with E-state index in [1.807, 2.05) is 0 Å². The SMILES string of the molecule is C=C1N(C)C(C)(C)C1(Br)B(C)CCCC. The summed E-state index contributed by atoms with van der Waals surface area (Å²) < 4.78 is 0.101. The maximum atomic E-state index is 4.20. The van der Waals surface area contributed by atoms with Crippen molar-refractivity contribution in [3.05, 3.63) is 12.3 Å². The van der Waals surface area contributed by atoms with Gasteiger partial charge in [-0.3, -0.25) is 0 Å². The van der Waals surface area contributed by atoms with Crippen molar-refractivity contribution in [3.8, 4) is 0 Å². The Hall–Kier alpha value is 0.0849. The average molecular weight is 272 g/mol. The van der Waals surface area contributed by atoms with E-state index in [4.69, 9.17) is 0 Å². The van der Waals surface area contributed by atoms with Crippen molar-refractivity contribution in [3.63, 3.8) is 0 Å². The lowest BCUT2D eigenvalue weighted by atomic mass is 9.33. The van der Waals surface area contributed by atoms with E-state index in [1.165, 1.54) is 24.9 Å². The summed E-state index contributed by atoms with van der Waals surface area (Å²) in [6.07, 6.45) is 3.86. The highest BCUT2D eigenvalue weighted by Crippen LogP contribution is 2.54. The van der Waals surface area contributed by atoms with Gasteiger partial charge in [-0.1, -0.05) is 55.4 Å². The second-order valence-electron chi connectivity index (χ2n) is 5.32. The van der Waals surface area contributed by atoms with Gasteiger partial charge in [0.15, 0.2) is 6.71 Å². The van der Waals surface area contributed by atoms with E-state index in [1.54, 1.807) is 0 Å². The monoisotopic (exact) mass is 271 g/mol. The molecular formula is C12H23BBrN. The van der Waals surface area contributed by atoms with Crippen LogP contribution in [0.15, 0.2) is 12.3 Å². The smallest absolute Gasteiger partial charge is 0.167 e. The Balaban J connectivity index is 2.78. The Bertz CT molecular complexity index is 264. The van der Waals surface area contributed by atoms with Crippen LogP contribution in [0, 0.1) is 0 Å². The Morgan fingerprint density at radius 3 is 2.40 bits per heavy atom. The first-order valence-electron chi connectivity index (χ1n) is 5.92. The van der Waals surface area contributed by atoms with Crippen molar-refractivity contribution in [2.45, 2.75) is 56.5 Å². The molecule has 1 unspecified atom stereocenters. The van der Waals surface area contributed by atoms with Gasteiger partial charge in [-0.15, -0.1) is 0 Å². The van der Waals surface area contributed by atoms with Gasteiger partial charge in [0.2, 0.25) is 0 Å². The summed E-state index contributed by atoms with van der Waals surface area (Å²) >= 11 is 3.95. The molecular weight excluding hydrogens is 249 g/mol. The van der Waals surface area contributed by atoms with Gasteiger partial charge in [0.05, 0.1) is 4.22 Å². The molecule has 1 saturated heterocycles. The number of nitrogens with zero attached hydrogens (tertiary/aromatic N) is 1. The Morgan fingerprint density at radius 1 is 1.47 bits per heavy atom. The zero-order valence-electron chi connectivity index (χ0n) is 10.7. The third-order valence-electron chi connectivity index (χ3n) is 4.22. The first kappa shape index (κ1) is 13.2. The van der Waals surface area contributed by atoms with Gasteiger partial charge >= 0.3 is 0 Å². The lowest BCUT2D eigenvalue weighted by molar-refractivity contribution is 0.0966. The van der Waals surface area contributed by atoms with Crippen LogP contribution >= 0.6 is 15.9 Å². The molecule has 0 aliphatic carbocycles. The minimum atomic E-state index is 0.101. The maximum Gasteiger partial charge on any atom is 0.167 e. The number of hydrogen-bond acceptors (Lipinski definition) is 1. The predicted molar refractivity (Wildman–Crippen MR) is 74.0 cm³/mol. The quantitative estimate of drug-likeness (QED) is 0.555. The maximum absolute atomic E-state index is 4.20. The van der Waals surface area contributed by atoms with E-state index < -0.39 is 0 Å². The van der Waals surface area contributed by atoms with Crippen LogP contribution in [0.3, 0.4) is 0 Å². The molecule has 1 nitrogen and oxygen atoms in total. The number of unbranched alkanes of at least 4 members (excludes halogenated alkanes) is 1. The van der Waals surface area contributed by atoms with Gasteiger partial charge < -0.3 is 4.90 Å². The van der Waals surface area contributed by atoms with Crippen LogP contribution in [0.2, 0.25) is 13.1 Å². The van der Waals surface area contributed by atoms with Crippen molar-refractivity contribution in [1.82, 2.24) is 4.90 Å². The average Bonchev–Trinajstić information content (AvgIpc) is 2.22. The molecule has 15 heavy (non-hydrogen) atoms. The summed E-state index contributed by atoms with van der Waals surface area (Å²) in [6.45, 7) is 14.0. The number of halogens is 1. The van der Waals surface area contributed by atoms with Gasteiger partial charge in [-0.2, -0.15) is 0 Å². The van der Waals surface area contributed by atoms with Crippen LogP contribution in [-0.4, -0.2) is 28.4 Å². The summed E-state index contributed by atoms with van der Waals surface area (Å²) in [5, 5.41) is 0. The van der Waals surface area contributed by atoms with Crippen molar-refractivity contribution in [2.24, 2.45) is 0 Å². The molecule has 1 atom stereocenters. The van der Waals surface area contributed by atoms with Crippen molar-refractivity contribution in [2.75, 3.05) is 7.05 Å². The van der Waals surface area contributed by atoms with Crippen LogP contribution < -0.4 is 0 Å². The number of likely N-dealkylation sites (tertiary alicyclic amines) is 1. The molecule has 86 valence electrons. The Kier molecular flexibility index (Phi) is 3.64. The number of hydrogen-bond donors (Lipinski definition) is 0. The largest absolute Gasteiger partial charge is 0.372 e. The molecule has 1 aliphatic heterocycles. The molecule has 1 aliphatic rings. The topological polar surface area (TPSA) is 3.24 Å². The minimum absolute atomic E-state index is 0.101. The van der Waals surface area contributed by atoms with E-state index in [-0.39, 0.29) is 9.76 Å². The molecule has 0 saturated carbocycles. The first-order valence-corrected chi connectivity index (χ1v) is 6.71. The Labute approximate surface area is 104 Å². The summed E-state index contributed by atoms with van der Waals surface area (Å²) in [4.78, 5) is 2.28.